The van der Waals surface area contributed by atoms with Crippen LogP contribution < -0.4 is 16.0 Å². The monoisotopic (exact) mass is 592 g/mol. The Kier molecular flexibility index (Phi) is 12.0. The van der Waals surface area contributed by atoms with Crippen molar-refractivity contribution in [3.8, 4) is 0 Å². The van der Waals surface area contributed by atoms with Gasteiger partial charge in [0.05, 0.1) is 6.04 Å². The summed E-state index contributed by atoms with van der Waals surface area (Å²) in [6.07, 6.45) is 0.431. The van der Waals surface area contributed by atoms with Crippen molar-refractivity contribution in [2.75, 3.05) is 6.54 Å². The topological polar surface area (TPSA) is 134 Å². The number of alkyl carbamates (subject to hydrolysis) is 1. The molecule has 0 saturated carbocycles. The molecular weight excluding hydrogens is 548 g/mol. The van der Waals surface area contributed by atoms with E-state index in [1.165, 1.54) is 0 Å². The Balaban J connectivity index is 1.99. The summed E-state index contributed by atoms with van der Waals surface area (Å²) >= 11 is 0. The summed E-state index contributed by atoms with van der Waals surface area (Å²) < 4.78 is 5.39. The molecule has 0 bridgehead atoms. The number of carbonyl (C=O) groups is 5. The maximum absolute atomic E-state index is 14.4. The van der Waals surface area contributed by atoms with Gasteiger partial charge in [0, 0.05) is 12.0 Å². The van der Waals surface area contributed by atoms with Crippen LogP contribution in [0.3, 0.4) is 0 Å². The first kappa shape index (κ1) is 33.5. The van der Waals surface area contributed by atoms with Gasteiger partial charge in [0.25, 0.3) is 11.8 Å². The summed E-state index contributed by atoms with van der Waals surface area (Å²) in [5, 5.41) is 8.49. The van der Waals surface area contributed by atoms with Crippen LogP contribution in [0.2, 0.25) is 0 Å². The van der Waals surface area contributed by atoms with Crippen molar-refractivity contribution in [1.82, 2.24) is 20.9 Å². The average Bonchev–Trinajstić information content (AvgIpc) is 3.50. The molecule has 1 aliphatic rings. The van der Waals surface area contributed by atoms with E-state index in [4.69, 9.17) is 4.74 Å². The number of imide groups is 1. The number of hydrogen-bond acceptors (Lipinski definition) is 7. The van der Waals surface area contributed by atoms with Crippen LogP contribution in [0, 0.1) is 5.92 Å². The summed E-state index contributed by atoms with van der Waals surface area (Å²) in [4.78, 5) is 69.1. The van der Waals surface area contributed by atoms with Gasteiger partial charge < -0.3 is 20.7 Å². The molecule has 2 aromatic rings. The second-order valence-corrected chi connectivity index (χ2v) is 12.4. The Morgan fingerprint density at radius 3 is 2.09 bits per heavy atom. The summed E-state index contributed by atoms with van der Waals surface area (Å²) in [7, 11) is 0. The average molecular weight is 593 g/mol. The lowest BCUT2D eigenvalue weighted by atomic mass is 9.96. The molecule has 0 radical (unpaired) electrons. The summed E-state index contributed by atoms with van der Waals surface area (Å²) in [5.74, 6) is -3.37. The van der Waals surface area contributed by atoms with Gasteiger partial charge in [-0.05, 0) is 63.6 Å². The van der Waals surface area contributed by atoms with Crippen molar-refractivity contribution in [2.45, 2.75) is 90.6 Å². The molecule has 43 heavy (non-hydrogen) atoms. The highest BCUT2D eigenvalue weighted by Gasteiger charge is 2.44. The maximum atomic E-state index is 14.4. The molecule has 0 aliphatic carbocycles. The molecule has 0 spiro atoms. The third-order valence-corrected chi connectivity index (χ3v) is 6.94. The van der Waals surface area contributed by atoms with E-state index in [0.29, 0.717) is 24.9 Å². The van der Waals surface area contributed by atoms with Gasteiger partial charge in [-0.1, -0.05) is 74.5 Å². The number of nitrogens with zero attached hydrogens (tertiary/aromatic N) is 1. The number of nitrogens with one attached hydrogen (secondary N) is 3. The van der Waals surface area contributed by atoms with Crippen LogP contribution in [0.5, 0.6) is 0 Å². The molecule has 10 heteroatoms. The van der Waals surface area contributed by atoms with Crippen LogP contribution in [0.1, 0.15) is 65.0 Å². The SMILES string of the molecule is CC(C)C[C@H](C(=O)NC(C)(C)C)N(C(=O)C(=O)C1CCCN1)C(=O)C(Cc1ccccc1)NC(=O)OCc1ccccc1. The van der Waals surface area contributed by atoms with Crippen LogP contribution in [0.25, 0.3) is 0 Å². The number of ether oxygens (including phenoxy) is 1. The Bertz CT molecular complexity index is 1250. The third-order valence-electron chi connectivity index (χ3n) is 6.94. The van der Waals surface area contributed by atoms with Gasteiger partial charge in [-0.2, -0.15) is 0 Å². The number of hydrogen-bond donors (Lipinski definition) is 3. The lowest BCUT2D eigenvalue weighted by molar-refractivity contribution is -0.158. The van der Waals surface area contributed by atoms with Gasteiger partial charge in [-0.3, -0.25) is 24.1 Å². The molecule has 2 aromatic carbocycles. The van der Waals surface area contributed by atoms with Gasteiger partial charge >= 0.3 is 6.09 Å². The van der Waals surface area contributed by atoms with Crippen molar-refractivity contribution in [2.24, 2.45) is 5.92 Å². The largest absolute Gasteiger partial charge is 0.445 e. The van der Waals surface area contributed by atoms with Crippen molar-refractivity contribution in [3.63, 3.8) is 0 Å². The number of carbonyl (C=O) groups excluding carboxylic acids is 5. The maximum Gasteiger partial charge on any atom is 0.408 e. The Labute approximate surface area is 253 Å². The minimum absolute atomic E-state index is 0.00898. The van der Waals surface area contributed by atoms with Gasteiger partial charge in [-0.15, -0.1) is 0 Å². The molecular formula is C33H44N4O6. The normalized spacial score (nSPS) is 16.2. The second-order valence-electron chi connectivity index (χ2n) is 12.4. The summed E-state index contributed by atoms with van der Waals surface area (Å²) in [6, 6.07) is 14.7. The molecule has 1 heterocycles. The molecule has 2 unspecified atom stereocenters. The fourth-order valence-corrected chi connectivity index (χ4v) is 4.93. The predicted molar refractivity (Wildman–Crippen MR) is 163 cm³/mol. The number of Topliss-reactive ketones (excluding diaryl/α,β-unsaturated/α-hetero) is 1. The standard InChI is InChI=1S/C33H44N4O6/c1-22(2)19-27(29(39)36-33(3,4)5)37(31(41)28(38)25-17-12-18-34-25)30(40)26(20-23-13-8-6-9-14-23)35-32(42)43-21-24-15-10-7-11-16-24/h6-11,13-16,22,25-27,34H,12,17-21H2,1-5H3,(H,35,42)(H,36,39)/t25?,26?,27-/m1/s1. The second kappa shape index (κ2) is 15.4. The van der Waals surface area contributed by atoms with Crippen LogP contribution in [0.4, 0.5) is 4.79 Å². The highest BCUT2D eigenvalue weighted by molar-refractivity contribution is 6.41. The molecule has 3 atom stereocenters. The van der Waals surface area contributed by atoms with E-state index in [1.54, 1.807) is 57.2 Å². The lowest BCUT2D eigenvalue weighted by Crippen LogP contribution is -2.62. The quantitative estimate of drug-likeness (QED) is 0.321. The molecule has 0 aromatic heterocycles. The third kappa shape index (κ3) is 10.3. The summed E-state index contributed by atoms with van der Waals surface area (Å²) in [5.41, 5.74) is 0.801. The highest BCUT2D eigenvalue weighted by Crippen LogP contribution is 2.19. The minimum Gasteiger partial charge on any atom is -0.445 e. The smallest absolute Gasteiger partial charge is 0.408 e. The number of benzene rings is 2. The molecule has 232 valence electrons. The zero-order valence-electron chi connectivity index (χ0n) is 25.7. The number of amides is 4. The van der Waals surface area contributed by atoms with E-state index in [-0.39, 0.29) is 25.4 Å². The van der Waals surface area contributed by atoms with Gasteiger partial charge in [0.1, 0.15) is 18.7 Å². The molecule has 4 amide bonds. The van der Waals surface area contributed by atoms with Crippen LogP contribution in [0.15, 0.2) is 60.7 Å². The van der Waals surface area contributed by atoms with Gasteiger partial charge in [-0.25, -0.2) is 4.79 Å². The first-order valence-electron chi connectivity index (χ1n) is 14.8. The van der Waals surface area contributed by atoms with Crippen LogP contribution in [-0.4, -0.2) is 64.7 Å². The zero-order valence-corrected chi connectivity index (χ0v) is 25.7. The molecule has 3 rings (SSSR count). The van der Waals surface area contributed by atoms with Crippen molar-refractivity contribution < 1.29 is 28.7 Å². The fourth-order valence-electron chi connectivity index (χ4n) is 4.93. The van der Waals surface area contributed by atoms with E-state index in [0.717, 1.165) is 10.5 Å². The molecule has 1 saturated heterocycles. The van der Waals surface area contributed by atoms with Crippen molar-refractivity contribution in [3.05, 3.63) is 71.8 Å². The molecule has 10 nitrogen and oxygen atoms in total. The predicted octanol–water partition coefficient (Wildman–Crippen LogP) is 3.53. The van der Waals surface area contributed by atoms with Crippen molar-refractivity contribution in [1.29, 1.82) is 0 Å². The van der Waals surface area contributed by atoms with E-state index in [1.807, 2.05) is 38.1 Å². The van der Waals surface area contributed by atoms with E-state index < -0.39 is 53.3 Å². The van der Waals surface area contributed by atoms with E-state index in [9.17, 15) is 24.0 Å². The minimum atomic E-state index is -1.30. The first-order chi connectivity index (χ1) is 20.4. The van der Waals surface area contributed by atoms with Crippen molar-refractivity contribution >= 4 is 29.6 Å². The van der Waals surface area contributed by atoms with Crippen LogP contribution >= 0.6 is 0 Å². The zero-order chi connectivity index (χ0) is 31.6. The number of ketones is 1. The van der Waals surface area contributed by atoms with Crippen LogP contribution in [-0.2, 0) is 36.9 Å². The first-order valence-corrected chi connectivity index (χ1v) is 14.8. The lowest BCUT2D eigenvalue weighted by Gasteiger charge is -2.35. The number of rotatable bonds is 12. The van der Waals surface area contributed by atoms with E-state index >= 15 is 0 Å². The highest BCUT2D eigenvalue weighted by atomic mass is 16.5. The Hall–Kier alpha value is -4.05. The summed E-state index contributed by atoms with van der Waals surface area (Å²) in [6.45, 7) is 9.65. The molecule has 1 fully saturated rings. The Morgan fingerprint density at radius 2 is 1.56 bits per heavy atom. The van der Waals surface area contributed by atoms with E-state index in [2.05, 4.69) is 16.0 Å². The van der Waals surface area contributed by atoms with Gasteiger partial charge in [0.15, 0.2) is 0 Å². The molecule has 1 aliphatic heterocycles. The fraction of sp³-hybridized carbons (Fsp3) is 0.485. The molecule has 3 N–H and O–H groups in total. The van der Waals surface area contributed by atoms with Gasteiger partial charge in [0.2, 0.25) is 11.7 Å². The Morgan fingerprint density at radius 1 is 0.953 bits per heavy atom.